The van der Waals surface area contributed by atoms with Crippen molar-refractivity contribution in [3.05, 3.63) is 30.3 Å². The maximum atomic E-state index is 5.59. The van der Waals surface area contributed by atoms with E-state index in [0.29, 0.717) is 13.2 Å². The van der Waals surface area contributed by atoms with Crippen LogP contribution >= 0.6 is 0 Å². The molecule has 3 nitrogen and oxygen atoms in total. The predicted octanol–water partition coefficient (Wildman–Crippen LogP) is 4.62. The van der Waals surface area contributed by atoms with Crippen molar-refractivity contribution in [3.63, 3.8) is 0 Å². The molecule has 0 N–H and O–H groups in total. The fourth-order valence-electron chi connectivity index (χ4n) is 2.21. The van der Waals surface area contributed by atoms with E-state index in [1.807, 2.05) is 58.0 Å². The van der Waals surface area contributed by atoms with Crippen molar-refractivity contribution in [3.8, 4) is 5.75 Å². The highest BCUT2D eigenvalue weighted by atomic mass is 16.5. The molecule has 3 heteroatoms. The maximum absolute atomic E-state index is 5.59. The van der Waals surface area contributed by atoms with Crippen molar-refractivity contribution in [2.24, 2.45) is 0 Å². The van der Waals surface area contributed by atoms with Crippen molar-refractivity contribution in [1.82, 2.24) is 4.90 Å². The van der Waals surface area contributed by atoms with E-state index in [4.69, 9.17) is 9.47 Å². The molecule has 0 atom stereocenters. The molecule has 1 aliphatic rings. The number of ether oxygens (including phenoxy) is 2. The van der Waals surface area contributed by atoms with Crippen LogP contribution in [0, 0.1) is 0 Å². The summed E-state index contributed by atoms with van der Waals surface area (Å²) < 4.78 is 11.2. The predicted molar refractivity (Wildman–Crippen MR) is 95.7 cm³/mol. The SMILES string of the molecule is CC.CC.c1ccc(OCCOCCN2CCCCC2)cc1. The molecule has 2 rings (SSSR count). The molecule has 1 fully saturated rings. The zero-order chi connectivity index (χ0) is 16.5. The standard InChI is InChI=1S/C15H23NO2.2C2H6/c1-3-7-15(8-4-1)18-14-13-17-12-11-16-9-5-2-6-10-16;2*1-2/h1,3-4,7-8H,2,5-6,9-14H2;2*1-2H3. The Kier molecular flexibility index (Phi) is 15.5. The van der Waals surface area contributed by atoms with Gasteiger partial charge in [-0.25, -0.2) is 0 Å². The fraction of sp³-hybridized carbons (Fsp3) is 0.684. The third-order valence-corrected chi connectivity index (χ3v) is 3.24. The van der Waals surface area contributed by atoms with E-state index in [2.05, 4.69) is 4.90 Å². The van der Waals surface area contributed by atoms with Crippen LogP contribution in [0.2, 0.25) is 0 Å². The van der Waals surface area contributed by atoms with Gasteiger partial charge in [-0.2, -0.15) is 0 Å². The summed E-state index contributed by atoms with van der Waals surface area (Å²) in [5.74, 6) is 0.914. The zero-order valence-corrected chi connectivity index (χ0v) is 15.0. The molecule has 0 aliphatic carbocycles. The largest absolute Gasteiger partial charge is 0.491 e. The molecule has 0 amide bonds. The molecule has 1 aliphatic heterocycles. The Morgan fingerprint density at radius 2 is 1.45 bits per heavy atom. The number of rotatable bonds is 7. The summed E-state index contributed by atoms with van der Waals surface area (Å²) in [6, 6.07) is 9.88. The summed E-state index contributed by atoms with van der Waals surface area (Å²) in [5.41, 5.74) is 0. The van der Waals surface area contributed by atoms with Crippen LogP contribution in [0.5, 0.6) is 5.75 Å². The maximum Gasteiger partial charge on any atom is 0.119 e. The van der Waals surface area contributed by atoms with Gasteiger partial charge in [-0.15, -0.1) is 0 Å². The molecule has 0 saturated carbocycles. The Morgan fingerprint density at radius 3 is 2.09 bits per heavy atom. The van der Waals surface area contributed by atoms with Crippen LogP contribution in [0.25, 0.3) is 0 Å². The Bertz CT molecular complexity index is 310. The smallest absolute Gasteiger partial charge is 0.119 e. The van der Waals surface area contributed by atoms with E-state index in [1.54, 1.807) is 0 Å². The van der Waals surface area contributed by atoms with Gasteiger partial charge in [0, 0.05) is 6.54 Å². The van der Waals surface area contributed by atoms with E-state index >= 15 is 0 Å². The number of nitrogens with zero attached hydrogens (tertiary/aromatic N) is 1. The van der Waals surface area contributed by atoms with Crippen LogP contribution in [0.4, 0.5) is 0 Å². The van der Waals surface area contributed by atoms with Gasteiger partial charge >= 0.3 is 0 Å². The molecular formula is C19H35NO2. The lowest BCUT2D eigenvalue weighted by Crippen LogP contribution is -2.32. The van der Waals surface area contributed by atoms with Gasteiger partial charge in [-0.3, -0.25) is 0 Å². The lowest BCUT2D eigenvalue weighted by molar-refractivity contribution is 0.0750. The average molecular weight is 309 g/mol. The molecule has 1 aromatic carbocycles. The Morgan fingerprint density at radius 1 is 0.818 bits per heavy atom. The molecule has 0 aromatic heterocycles. The van der Waals surface area contributed by atoms with Gasteiger partial charge < -0.3 is 14.4 Å². The number of hydrogen-bond donors (Lipinski definition) is 0. The van der Waals surface area contributed by atoms with Gasteiger partial charge in [0.25, 0.3) is 0 Å². The van der Waals surface area contributed by atoms with E-state index in [9.17, 15) is 0 Å². The Balaban J connectivity index is 0.00000102. The van der Waals surface area contributed by atoms with Gasteiger partial charge in [-0.1, -0.05) is 52.3 Å². The molecule has 1 aromatic rings. The molecule has 128 valence electrons. The Labute approximate surface area is 137 Å². The van der Waals surface area contributed by atoms with E-state index in [-0.39, 0.29) is 0 Å². The lowest BCUT2D eigenvalue weighted by Gasteiger charge is -2.26. The zero-order valence-electron chi connectivity index (χ0n) is 15.0. The second-order valence-corrected chi connectivity index (χ2v) is 4.68. The first-order chi connectivity index (χ1) is 10.9. The molecule has 1 saturated heterocycles. The lowest BCUT2D eigenvalue weighted by atomic mass is 10.1. The van der Waals surface area contributed by atoms with Crippen LogP contribution in [-0.2, 0) is 4.74 Å². The van der Waals surface area contributed by atoms with Gasteiger partial charge in [-0.05, 0) is 38.1 Å². The summed E-state index contributed by atoms with van der Waals surface area (Å²) >= 11 is 0. The summed E-state index contributed by atoms with van der Waals surface area (Å²) in [6.45, 7) is 13.7. The van der Waals surface area contributed by atoms with Gasteiger partial charge in [0.15, 0.2) is 0 Å². The number of hydrogen-bond acceptors (Lipinski definition) is 3. The third kappa shape index (κ3) is 10.6. The van der Waals surface area contributed by atoms with Gasteiger partial charge in [0.1, 0.15) is 12.4 Å². The summed E-state index contributed by atoms with van der Waals surface area (Å²) in [4.78, 5) is 2.49. The Hall–Kier alpha value is -1.06. The normalized spacial score (nSPS) is 14.2. The molecule has 22 heavy (non-hydrogen) atoms. The highest BCUT2D eigenvalue weighted by molar-refractivity contribution is 5.20. The summed E-state index contributed by atoms with van der Waals surface area (Å²) in [7, 11) is 0. The molecule has 0 spiro atoms. The molecule has 0 bridgehead atoms. The number of benzene rings is 1. The molecular weight excluding hydrogens is 274 g/mol. The average Bonchev–Trinajstić information content (AvgIpc) is 2.63. The summed E-state index contributed by atoms with van der Waals surface area (Å²) in [5, 5.41) is 0. The fourth-order valence-corrected chi connectivity index (χ4v) is 2.21. The molecule has 0 radical (unpaired) electrons. The van der Waals surface area contributed by atoms with Gasteiger partial charge in [0.05, 0.1) is 13.2 Å². The topological polar surface area (TPSA) is 21.7 Å². The number of piperidine rings is 1. The van der Waals surface area contributed by atoms with Crippen molar-refractivity contribution < 1.29 is 9.47 Å². The van der Waals surface area contributed by atoms with E-state index in [1.165, 1.54) is 32.4 Å². The molecule has 0 unspecified atom stereocenters. The van der Waals surface area contributed by atoms with Crippen LogP contribution < -0.4 is 4.74 Å². The number of likely N-dealkylation sites (tertiary alicyclic amines) is 1. The number of para-hydroxylation sites is 1. The van der Waals surface area contributed by atoms with Crippen LogP contribution in [-0.4, -0.2) is 44.4 Å². The minimum atomic E-state index is 0.629. The van der Waals surface area contributed by atoms with E-state index < -0.39 is 0 Å². The second-order valence-electron chi connectivity index (χ2n) is 4.68. The second kappa shape index (κ2) is 16.3. The summed E-state index contributed by atoms with van der Waals surface area (Å²) in [6.07, 6.45) is 4.08. The van der Waals surface area contributed by atoms with Gasteiger partial charge in [0.2, 0.25) is 0 Å². The van der Waals surface area contributed by atoms with Crippen LogP contribution in [0.15, 0.2) is 30.3 Å². The van der Waals surface area contributed by atoms with E-state index in [0.717, 1.165) is 18.9 Å². The first-order valence-corrected chi connectivity index (χ1v) is 8.93. The highest BCUT2D eigenvalue weighted by Crippen LogP contribution is 2.08. The van der Waals surface area contributed by atoms with Crippen molar-refractivity contribution in [2.75, 3.05) is 39.5 Å². The monoisotopic (exact) mass is 309 g/mol. The van der Waals surface area contributed by atoms with Crippen molar-refractivity contribution in [2.45, 2.75) is 47.0 Å². The highest BCUT2D eigenvalue weighted by Gasteiger charge is 2.08. The third-order valence-electron chi connectivity index (χ3n) is 3.24. The first-order valence-electron chi connectivity index (χ1n) is 8.93. The minimum Gasteiger partial charge on any atom is -0.491 e. The quantitative estimate of drug-likeness (QED) is 0.686. The first kappa shape index (κ1) is 20.9. The minimum absolute atomic E-state index is 0.629. The van der Waals surface area contributed by atoms with Crippen LogP contribution in [0.1, 0.15) is 47.0 Å². The van der Waals surface area contributed by atoms with Crippen LogP contribution in [0.3, 0.4) is 0 Å². The van der Waals surface area contributed by atoms with Crippen molar-refractivity contribution in [1.29, 1.82) is 0 Å². The van der Waals surface area contributed by atoms with Crippen molar-refractivity contribution >= 4 is 0 Å². The molecule has 1 heterocycles.